The second kappa shape index (κ2) is 9.00. The summed E-state index contributed by atoms with van der Waals surface area (Å²) >= 11 is 0. The summed E-state index contributed by atoms with van der Waals surface area (Å²) in [5.74, 6) is 1.14. The van der Waals surface area contributed by atoms with E-state index in [1.165, 1.54) is 0 Å². The molecule has 2 atom stereocenters. The molecule has 0 aliphatic rings. The lowest BCUT2D eigenvalue weighted by Crippen LogP contribution is -2.40. The van der Waals surface area contributed by atoms with Crippen molar-refractivity contribution in [3.8, 4) is 5.75 Å². The Morgan fingerprint density at radius 1 is 1.08 bits per heavy atom. The maximum atomic E-state index is 13.3. The molecule has 140 valence electrons. The van der Waals surface area contributed by atoms with Crippen molar-refractivity contribution in [2.24, 2.45) is 0 Å². The number of carbonyl (C=O) groups excluding carboxylic acids is 1. The molecule has 0 amide bonds. The Labute approximate surface area is 158 Å². The molecule has 0 unspecified atom stereocenters. The van der Waals surface area contributed by atoms with Crippen LogP contribution >= 0.6 is 0 Å². The number of hydrogen-bond donors (Lipinski definition) is 0. The highest BCUT2D eigenvalue weighted by Gasteiger charge is 2.36. The molecule has 2 aromatic rings. The highest BCUT2D eigenvalue weighted by molar-refractivity contribution is 5.90. The van der Waals surface area contributed by atoms with E-state index in [0.717, 1.165) is 29.7 Å². The lowest BCUT2D eigenvalue weighted by Gasteiger charge is -2.34. The van der Waals surface area contributed by atoms with E-state index in [-0.39, 0.29) is 0 Å². The Bertz CT molecular complexity index is 694. The van der Waals surface area contributed by atoms with E-state index in [4.69, 9.17) is 4.74 Å². The first kappa shape index (κ1) is 20.2. The third kappa shape index (κ3) is 4.95. The van der Waals surface area contributed by atoms with Crippen LogP contribution in [-0.4, -0.2) is 37.9 Å². The van der Waals surface area contributed by atoms with Gasteiger partial charge >= 0.3 is 0 Å². The number of ether oxygens (including phenoxy) is 1. The Morgan fingerprint density at radius 3 is 2.23 bits per heavy atom. The summed E-state index contributed by atoms with van der Waals surface area (Å²) in [7, 11) is 5.80. The van der Waals surface area contributed by atoms with Crippen LogP contribution in [0.3, 0.4) is 0 Å². The molecule has 0 radical (unpaired) electrons. The van der Waals surface area contributed by atoms with Gasteiger partial charge in [0, 0.05) is 12.5 Å². The zero-order valence-electron chi connectivity index (χ0n) is 16.7. The minimum Gasteiger partial charge on any atom is -0.497 e. The van der Waals surface area contributed by atoms with Crippen LogP contribution in [0.4, 0.5) is 0 Å². The summed E-state index contributed by atoms with van der Waals surface area (Å²) in [5, 5.41) is 0. The van der Waals surface area contributed by atoms with Crippen molar-refractivity contribution in [1.82, 2.24) is 4.90 Å². The van der Waals surface area contributed by atoms with Crippen LogP contribution < -0.4 is 4.74 Å². The molecule has 3 heteroatoms. The second-order valence-electron chi connectivity index (χ2n) is 7.49. The molecule has 3 nitrogen and oxygen atoms in total. The van der Waals surface area contributed by atoms with Crippen molar-refractivity contribution >= 4 is 5.78 Å². The van der Waals surface area contributed by atoms with Crippen LogP contribution in [0.15, 0.2) is 54.6 Å². The Balaban J connectivity index is 2.16. The Morgan fingerprint density at radius 2 is 1.69 bits per heavy atom. The van der Waals surface area contributed by atoms with Crippen LogP contribution in [0.1, 0.15) is 37.8 Å². The molecule has 0 N–H and O–H groups in total. The van der Waals surface area contributed by atoms with E-state index in [9.17, 15) is 4.79 Å². The topological polar surface area (TPSA) is 29.5 Å². The quantitative estimate of drug-likeness (QED) is 0.665. The van der Waals surface area contributed by atoms with Gasteiger partial charge in [0.05, 0.1) is 12.5 Å². The van der Waals surface area contributed by atoms with Gasteiger partial charge in [-0.2, -0.15) is 0 Å². The molecule has 0 fully saturated rings. The predicted molar refractivity (Wildman–Crippen MR) is 108 cm³/mol. The van der Waals surface area contributed by atoms with Gasteiger partial charge < -0.3 is 9.64 Å². The molecule has 0 saturated carbocycles. The van der Waals surface area contributed by atoms with Crippen molar-refractivity contribution in [2.75, 3.05) is 21.2 Å². The monoisotopic (exact) mass is 353 g/mol. The number of nitrogens with zero attached hydrogens (tertiary/aromatic N) is 1. The summed E-state index contributed by atoms with van der Waals surface area (Å²) in [5.41, 5.74) is 1.79. The Hall–Kier alpha value is -2.13. The molecular formula is C23H31NO2. The van der Waals surface area contributed by atoms with E-state index >= 15 is 0 Å². The van der Waals surface area contributed by atoms with Gasteiger partial charge in [-0.25, -0.2) is 0 Å². The van der Waals surface area contributed by atoms with Crippen molar-refractivity contribution < 1.29 is 9.53 Å². The van der Waals surface area contributed by atoms with Gasteiger partial charge in [0.25, 0.3) is 0 Å². The molecule has 0 bridgehead atoms. The summed E-state index contributed by atoms with van der Waals surface area (Å²) in [4.78, 5) is 15.5. The SMILES string of the molecule is COc1ccc(CCC(=O)[C@@](C)(C[C@H](C)N(C)C)c2ccccc2)cc1. The third-order valence-corrected chi connectivity index (χ3v) is 5.41. The molecule has 0 heterocycles. The summed E-state index contributed by atoms with van der Waals surface area (Å²) < 4.78 is 5.20. The van der Waals surface area contributed by atoms with Crippen molar-refractivity contribution in [3.05, 3.63) is 65.7 Å². The number of Topliss-reactive ketones (excluding diaryl/α,β-unsaturated/α-hetero) is 1. The van der Waals surface area contributed by atoms with Gasteiger partial charge in [-0.15, -0.1) is 0 Å². The standard InChI is InChI=1S/C23H31NO2/c1-18(24(3)4)17-23(2,20-9-7-6-8-10-20)22(25)16-13-19-11-14-21(26-5)15-12-19/h6-12,14-15,18H,13,16-17H2,1-5H3/t18-,23-/m0/s1. The summed E-state index contributed by atoms with van der Waals surface area (Å²) in [6.07, 6.45) is 2.10. The summed E-state index contributed by atoms with van der Waals surface area (Å²) in [6.45, 7) is 4.27. The first-order valence-electron chi connectivity index (χ1n) is 9.25. The van der Waals surface area contributed by atoms with Gasteiger partial charge in [0.15, 0.2) is 0 Å². The number of hydrogen-bond acceptors (Lipinski definition) is 3. The number of aryl methyl sites for hydroxylation is 1. The number of methoxy groups -OCH3 is 1. The van der Waals surface area contributed by atoms with Gasteiger partial charge in [-0.3, -0.25) is 4.79 Å². The lowest BCUT2D eigenvalue weighted by atomic mass is 9.72. The highest BCUT2D eigenvalue weighted by atomic mass is 16.5. The molecule has 2 aromatic carbocycles. The highest BCUT2D eigenvalue weighted by Crippen LogP contribution is 2.32. The van der Waals surface area contributed by atoms with Crippen molar-refractivity contribution in [1.29, 1.82) is 0 Å². The van der Waals surface area contributed by atoms with E-state index in [2.05, 4.69) is 45.0 Å². The maximum Gasteiger partial charge on any atom is 0.143 e. The third-order valence-electron chi connectivity index (χ3n) is 5.41. The fraction of sp³-hybridized carbons (Fsp3) is 0.435. The average Bonchev–Trinajstić information content (AvgIpc) is 2.66. The number of carbonyl (C=O) groups is 1. The van der Waals surface area contributed by atoms with Crippen LogP contribution in [0.2, 0.25) is 0 Å². The van der Waals surface area contributed by atoms with Gasteiger partial charge in [-0.1, -0.05) is 42.5 Å². The van der Waals surface area contributed by atoms with E-state index < -0.39 is 5.41 Å². The largest absolute Gasteiger partial charge is 0.497 e. The maximum absolute atomic E-state index is 13.3. The molecule has 0 spiro atoms. The van der Waals surface area contributed by atoms with Crippen LogP contribution in [0.25, 0.3) is 0 Å². The molecule has 26 heavy (non-hydrogen) atoms. The first-order chi connectivity index (χ1) is 12.4. The predicted octanol–water partition coefficient (Wildman–Crippen LogP) is 4.50. The number of ketones is 1. The first-order valence-corrected chi connectivity index (χ1v) is 9.25. The average molecular weight is 354 g/mol. The molecule has 0 aliphatic heterocycles. The molecule has 0 saturated heterocycles. The van der Waals surface area contributed by atoms with Crippen molar-refractivity contribution in [3.63, 3.8) is 0 Å². The molecule has 0 aliphatic carbocycles. The number of rotatable bonds is 9. The van der Waals surface area contributed by atoms with Gasteiger partial charge in [0.2, 0.25) is 0 Å². The van der Waals surface area contributed by atoms with Gasteiger partial charge in [0.1, 0.15) is 11.5 Å². The minimum atomic E-state index is -0.475. The lowest BCUT2D eigenvalue weighted by molar-refractivity contribution is -0.124. The van der Waals surface area contributed by atoms with Gasteiger partial charge in [-0.05, 0) is 64.0 Å². The minimum absolute atomic E-state index is 0.299. The molecule has 0 aromatic heterocycles. The Kier molecular flexibility index (Phi) is 6.98. The number of benzene rings is 2. The second-order valence-corrected chi connectivity index (χ2v) is 7.49. The zero-order valence-corrected chi connectivity index (χ0v) is 16.7. The molecule has 2 rings (SSSR count). The van der Waals surface area contributed by atoms with E-state index in [1.807, 2.05) is 42.5 Å². The fourth-order valence-electron chi connectivity index (χ4n) is 3.30. The van der Waals surface area contributed by atoms with E-state index in [1.54, 1.807) is 7.11 Å². The summed E-state index contributed by atoms with van der Waals surface area (Å²) in [6, 6.07) is 18.5. The fourth-order valence-corrected chi connectivity index (χ4v) is 3.30. The molecular weight excluding hydrogens is 322 g/mol. The normalized spacial score (nSPS) is 14.7. The van der Waals surface area contributed by atoms with Crippen LogP contribution in [0, 0.1) is 0 Å². The van der Waals surface area contributed by atoms with Crippen LogP contribution in [-0.2, 0) is 16.6 Å². The zero-order chi connectivity index (χ0) is 19.2. The van der Waals surface area contributed by atoms with Crippen LogP contribution in [0.5, 0.6) is 5.75 Å². The smallest absolute Gasteiger partial charge is 0.143 e. The van der Waals surface area contributed by atoms with E-state index in [0.29, 0.717) is 18.2 Å². The van der Waals surface area contributed by atoms with Crippen molar-refractivity contribution in [2.45, 2.75) is 44.6 Å².